The van der Waals surface area contributed by atoms with Crippen molar-refractivity contribution in [1.29, 1.82) is 0 Å². The van der Waals surface area contributed by atoms with Crippen molar-refractivity contribution >= 4 is 23.0 Å². The summed E-state index contributed by atoms with van der Waals surface area (Å²) >= 11 is 0. The predicted molar refractivity (Wildman–Crippen MR) is 75.8 cm³/mol. The summed E-state index contributed by atoms with van der Waals surface area (Å²) in [5, 5.41) is 9.92. The van der Waals surface area contributed by atoms with Crippen LogP contribution in [0.4, 0.5) is 23.0 Å². The fourth-order valence-corrected chi connectivity index (χ4v) is 2.13. The first-order valence-electron chi connectivity index (χ1n) is 6.32. The quantitative estimate of drug-likeness (QED) is 0.779. The number of hydrogen-bond acceptors (Lipinski definition) is 5. The number of benzene rings is 1. The molecule has 1 aliphatic rings. The van der Waals surface area contributed by atoms with Gasteiger partial charge in [-0.25, -0.2) is 0 Å². The third-order valence-corrected chi connectivity index (χ3v) is 3.11. The van der Waals surface area contributed by atoms with Crippen LogP contribution < -0.4 is 16.0 Å². The molecule has 0 radical (unpaired) electrons. The molecule has 2 heterocycles. The summed E-state index contributed by atoms with van der Waals surface area (Å²) in [6, 6.07) is 10.0. The van der Waals surface area contributed by atoms with Gasteiger partial charge in [-0.05, 0) is 24.3 Å². The molecule has 0 bridgehead atoms. The first kappa shape index (κ1) is 11.9. The molecule has 1 aromatic heterocycles. The first-order chi connectivity index (χ1) is 9.31. The minimum absolute atomic E-state index is 0.549. The molecule has 19 heavy (non-hydrogen) atoms. The maximum atomic E-state index is 5.58. The summed E-state index contributed by atoms with van der Waals surface area (Å²) in [6.07, 6.45) is 0. The van der Waals surface area contributed by atoms with E-state index in [1.54, 1.807) is 6.07 Å². The van der Waals surface area contributed by atoms with Crippen molar-refractivity contribution in [2.75, 3.05) is 42.3 Å². The minimum atomic E-state index is 0.549. The number of hydrogen-bond donors (Lipinski definition) is 3. The van der Waals surface area contributed by atoms with Crippen LogP contribution >= 0.6 is 0 Å². The number of H-pyrrole nitrogens is 1. The van der Waals surface area contributed by atoms with E-state index in [1.165, 1.54) is 5.69 Å². The third kappa shape index (κ3) is 2.79. The van der Waals surface area contributed by atoms with Crippen LogP contribution in [0.2, 0.25) is 0 Å². The van der Waals surface area contributed by atoms with Gasteiger partial charge in [-0.15, -0.1) is 0 Å². The molecule has 0 spiro atoms. The van der Waals surface area contributed by atoms with Crippen molar-refractivity contribution < 1.29 is 4.74 Å². The van der Waals surface area contributed by atoms with Crippen LogP contribution in [0.5, 0.6) is 0 Å². The fourth-order valence-electron chi connectivity index (χ4n) is 2.13. The van der Waals surface area contributed by atoms with E-state index in [1.807, 2.05) is 12.1 Å². The fraction of sp³-hybridized carbons (Fsp3) is 0.308. The number of aromatic nitrogens is 2. The molecular weight excluding hydrogens is 242 g/mol. The number of ether oxygens (including phenoxy) is 1. The lowest BCUT2D eigenvalue weighted by molar-refractivity contribution is 0.122. The monoisotopic (exact) mass is 259 g/mol. The van der Waals surface area contributed by atoms with Crippen LogP contribution in [0, 0.1) is 0 Å². The lowest BCUT2D eigenvalue weighted by Crippen LogP contribution is -2.36. The van der Waals surface area contributed by atoms with Crippen molar-refractivity contribution in [3.63, 3.8) is 0 Å². The number of anilines is 4. The predicted octanol–water partition coefficient (Wildman–Crippen LogP) is 1.57. The molecule has 0 atom stereocenters. The number of nitrogens with zero attached hydrogens (tertiary/aromatic N) is 2. The van der Waals surface area contributed by atoms with E-state index >= 15 is 0 Å². The van der Waals surface area contributed by atoms with E-state index in [4.69, 9.17) is 10.5 Å². The molecule has 6 nitrogen and oxygen atoms in total. The Labute approximate surface area is 111 Å². The SMILES string of the molecule is Nc1cc(Nc2ccc(N3CCOCC3)cc2)n[nH]1. The number of nitrogens with two attached hydrogens (primary N) is 1. The largest absolute Gasteiger partial charge is 0.384 e. The van der Waals surface area contributed by atoms with Crippen molar-refractivity contribution in [2.45, 2.75) is 0 Å². The molecule has 0 aliphatic carbocycles. The Kier molecular flexibility index (Phi) is 3.24. The summed E-state index contributed by atoms with van der Waals surface area (Å²) < 4.78 is 5.35. The molecule has 3 rings (SSSR count). The highest BCUT2D eigenvalue weighted by molar-refractivity contribution is 5.62. The Balaban J connectivity index is 1.68. The Morgan fingerprint density at radius 1 is 1.21 bits per heavy atom. The van der Waals surface area contributed by atoms with Crippen LogP contribution in [0.25, 0.3) is 0 Å². The second-order valence-electron chi connectivity index (χ2n) is 4.48. The van der Waals surface area contributed by atoms with Gasteiger partial charge in [0.15, 0.2) is 5.82 Å². The molecule has 0 unspecified atom stereocenters. The molecule has 1 saturated heterocycles. The lowest BCUT2D eigenvalue weighted by Gasteiger charge is -2.28. The highest BCUT2D eigenvalue weighted by Crippen LogP contribution is 2.21. The van der Waals surface area contributed by atoms with E-state index in [9.17, 15) is 0 Å². The number of morpholine rings is 1. The smallest absolute Gasteiger partial charge is 0.154 e. The Bertz CT molecular complexity index is 530. The topological polar surface area (TPSA) is 79.2 Å². The summed E-state index contributed by atoms with van der Waals surface area (Å²) in [5.74, 6) is 1.27. The van der Waals surface area contributed by atoms with E-state index in [0.717, 1.165) is 37.8 Å². The molecule has 1 aliphatic heterocycles. The van der Waals surface area contributed by atoms with Crippen LogP contribution in [0.15, 0.2) is 30.3 Å². The van der Waals surface area contributed by atoms with Gasteiger partial charge >= 0.3 is 0 Å². The van der Waals surface area contributed by atoms with Gasteiger partial charge in [-0.1, -0.05) is 0 Å². The van der Waals surface area contributed by atoms with Gasteiger partial charge in [-0.3, -0.25) is 5.10 Å². The summed E-state index contributed by atoms with van der Waals surface area (Å²) in [6.45, 7) is 3.49. The highest BCUT2D eigenvalue weighted by Gasteiger charge is 2.10. The van der Waals surface area contributed by atoms with Gasteiger partial charge in [0.25, 0.3) is 0 Å². The zero-order chi connectivity index (χ0) is 13.1. The van der Waals surface area contributed by atoms with Gasteiger partial charge in [0.1, 0.15) is 5.82 Å². The molecule has 0 saturated carbocycles. The molecule has 6 heteroatoms. The van der Waals surface area contributed by atoms with Crippen LogP contribution in [-0.4, -0.2) is 36.5 Å². The van der Waals surface area contributed by atoms with Gasteiger partial charge in [0.05, 0.1) is 13.2 Å². The van der Waals surface area contributed by atoms with E-state index in [0.29, 0.717) is 5.82 Å². The summed E-state index contributed by atoms with van der Waals surface area (Å²) in [4.78, 5) is 2.32. The standard InChI is InChI=1S/C13H17N5O/c14-12-9-13(17-16-12)15-10-1-3-11(4-2-10)18-5-7-19-8-6-18/h1-4,9H,5-8H2,(H4,14,15,16,17). The zero-order valence-corrected chi connectivity index (χ0v) is 10.6. The van der Waals surface area contributed by atoms with Crippen LogP contribution in [0.3, 0.4) is 0 Å². The molecule has 4 N–H and O–H groups in total. The molecule has 1 fully saturated rings. The Morgan fingerprint density at radius 3 is 2.58 bits per heavy atom. The number of aromatic amines is 1. The normalized spacial score (nSPS) is 15.5. The Morgan fingerprint density at radius 2 is 1.95 bits per heavy atom. The molecule has 100 valence electrons. The van der Waals surface area contributed by atoms with Gasteiger partial charge in [0, 0.05) is 30.5 Å². The maximum absolute atomic E-state index is 5.58. The number of rotatable bonds is 3. The van der Waals surface area contributed by atoms with Gasteiger partial charge in [0.2, 0.25) is 0 Å². The highest BCUT2D eigenvalue weighted by atomic mass is 16.5. The summed E-state index contributed by atoms with van der Waals surface area (Å²) in [5.41, 5.74) is 7.78. The van der Waals surface area contributed by atoms with Gasteiger partial charge in [-0.2, -0.15) is 5.10 Å². The van der Waals surface area contributed by atoms with Crippen molar-refractivity contribution in [3.05, 3.63) is 30.3 Å². The Hall–Kier alpha value is -2.21. The number of nitrogen functional groups attached to an aromatic ring is 1. The van der Waals surface area contributed by atoms with E-state index in [-0.39, 0.29) is 0 Å². The van der Waals surface area contributed by atoms with Crippen LogP contribution in [-0.2, 0) is 4.74 Å². The van der Waals surface area contributed by atoms with Crippen molar-refractivity contribution in [2.24, 2.45) is 0 Å². The molecule has 1 aromatic carbocycles. The molecular formula is C13H17N5O. The second kappa shape index (κ2) is 5.19. The van der Waals surface area contributed by atoms with E-state index in [2.05, 4.69) is 32.5 Å². The zero-order valence-electron chi connectivity index (χ0n) is 10.6. The maximum Gasteiger partial charge on any atom is 0.154 e. The third-order valence-electron chi connectivity index (χ3n) is 3.11. The average Bonchev–Trinajstić information content (AvgIpc) is 2.86. The average molecular weight is 259 g/mol. The van der Waals surface area contributed by atoms with E-state index < -0.39 is 0 Å². The second-order valence-corrected chi connectivity index (χ2v) is 4.48. The van der Waals surface area contributed by atoms with Crippen LogP contribution in [0.1, 0.15) is 0 Å². The lowest BCUT2D eigenvalue weighted by atomic mass is 10.2. The summed E-state index contributed by atoms with van der Waals surface area (Å²) in [7, 11) is 0. The first-order valence-corrected chi connectivity index (χ1v) is 6.32. The molecule has 0 amide bonds. The minimum Gasteiger partial charge on any atom is -0.384 e. The number of nitrogens with one attached hydrogen (secondary N) is 2. The van der Waals surface area contributed by atoms with Crippen molar-refractivity contribution in [3.8, 4) is 0 Å². The molecule has 2 aromatic rings. The van der Waals surface area contributed by atoms with Gasteiger partial charge < -0.3 is 20.7 Å². The van der Waals surface area contributed by atoms with Crippen molar-refractivity contribution in [1.82, 2.24) is 10.2 Å².